The molecule has 19 heavy (non-hydrogen) atoms. The third kappa shape index (κ3) is 2.54. The average Bonchev–Trinajstić information content (AvgIpc) is 2.87. The zero-order valence-electron chi connectivity index (χ0n) is 10.1. The number of primary amides is 1. The number of carbonyl (C=O) groups is 3. The van der Waals surface area contributed by atoms with E-state index in [1.54, 1.807) is 0 Å². The summed E-state index contributed by atoms with van der Waals surface area (Å²) in [5, 5.41) is 9.02. The van der Waals surface area contributed by atoms with E-state index in [1.165, 1.54) is 23.2 Å². The van der Waals surface area contributed by atoms with Gasteiger partial charge < -0.3 is 15.7 Å². The quantitative estimate of drug-likeness (QED) is 0.788. The molecule has 2 heterocycles. The van der Waals surface area contributed by atoms with Crippen LogP contribution in [0.3, 0.4) is 0 Å². The van der Waals surface area contributed by atoms with E-state index in [1.807, 2.05) is 0 Å². The Hall–Kier alpha value is -2.44. The van der Waals surface area contributed by atoms with Crippen molar-refractivity contribution < 1.29 is 19.5 Å². The molecule has 0 unspecified atom stereocenters. The topological polar surface area (TPSA) is 114 Å². The Balaban J connectivity index is 2.19. The van der Waals surface area contributed by atoms with Gasteiger partial charge in [-0.05, 0) is 25.0 Å². The van der Waals surface area contributed by atoms with E-state index in [9.17, 15) is 14.4 Å². The van der Waals surface area contributed by atoms with Crippen molar-refractivity contribution in [1.82, 2.24) is 9.88 Å². The largest absolute Gasteiger partial charge is 0.480 e. The monoisotopic (exact) mass is 263 g/mol. The van der Waals surface area contributed by atoms with Crippen LogP contribution in [0.4, 0.5) is 0 Å². The van der Waals surface area contributed by atoms with Crippen molar-refractivity contribution in [2.24, 2.45) is 5.73 Å². The van der Waals surface area contributed by atoms with Crippen molar-refractivity contribution in [1.29, 1.82) is 0 Å². The van der Waals surface area contributed by atoms with Crippen LogP contribution in [0.2, 0.25) is 0 Å². The molecular formula is C12H13N3O4. The van der Waals surface area contributed by atoms with Crippen molar-refractivity contribution in [2.45, 2.75) is 18.9 Å². The molecule has 3 N–H and O–H groups in total. The van der Waals surface area contributed by atoms with E-state index >= 15 is 0 Å². The highest BCUT2D eigenvalue weighted by Gasteiger charge is 2.34. The lowest BCUT2D eigenvalue weighted by Gasteiger charge is -2.20. The number of nitrogens with zero attached hydrogens (tertiary/aromatic N) is 2. The summed E-state index contributed by atoms with van der Waals surface area (Å²) in [4.78, 5) is 39.2. The molecule has 7 heteroatoms. The fraction of sp³-hybridized carbons (Fsp3) is 0.333. The lowest BCUT2D eigenvalue weighted by atomic mass is 10.2. The number of hydrogen-bond acceptors (Lipinski definition) is 4. The lowest BCUT2D eigenvalue weighted by Crippen LogP contribution is -2.40. The van der Waals surface area contributed by atoms with Crippen LogP contribution in [0, 0.1) is 0 Å². The zero-order chi connectivity index (χ0) is 14.0. The van der Waals surface area contributed by atoms with Gasteiger partial charge in [0.15, 0.2) is 0 Å². The Kier molecular flexibility index (Phi) is 3.46. The number of carboxylic acids is 1. The number of rotatable bonds is 3. The molecule has 1 fully saturated rings. The molecule has 1 aromatic rings. The molecule has 1 aliphatic heterocycles. The normalized spacial score (nSPS) is 18.3. The van der Waals surface area contributed by atoms with Crippen LogP contribution in [0.25, 0.3) is 0 Å². The maximum atomic E-state index is 12.1. The SMILES string of the molecule is NC(=O)c1ccc(C(=O)N2CCC[C@@H]2C(=O)O)nc1. The average molecular weight is 263 g/mol. The smallest absolute Gasteiger partial charge is 0.326 e. The van der Waals surface area contributed by atoms with Crippen molar-refractivity contribution in [2.75, 3.05) is 6.54 Å². The molecule has 1 aliphatic rings. The fourth-order valence-electron chi connectivity index (χ4n) is 2.08. The first kappa shape index (κ1) is 13.0. The third-order valence-corrected chi connectivity index (χ3v) is 3.07. The van der Waals surface area contributed by atoms with Gasteiger partial charge in [0.1, 0.15) is 11.7 Å². The molecular weight excluding hydrogens is 250 g/mol. The predicted molar refractivity (Wildman–Crippen MR) is 64.4 cm³/mol. The number of carbonyl (C=O) groups excluding carboxylic acids is 2. The van der Waals surface area contributed by atoms with Crippen LogP contribution < -0.4 is 5.73 Å². The molecule has 1 aromatic heterocycles. The maximum Gasteiger partial charge on any atom is 0.326 e. The predicted octanol–water partition coefficient (Wildman–Crippen LogP) is -0.130. The first-order valence-corrected chi connectivity index (χ1v) is 5.80. The second-order valence-corrected chi connectivity index (χ2v) is 4.29. The summed E-state index contributed by atoms with van der Waals surface area (Å²) < 4.78 is 0. The molecule has 0 aromatic carbocycles. The first-order chi connectivity index (χ1) is 9.00. The number of likely N-dealkylation sites (tertiary alicyclic amines) is 1. The van der Waals surface area contributed by atoms with Gasteiger partial charge in [0.2, 0.25) is 5.91 Å². The van der Waals surface area contributed by atoms with E-state index in [4.69, 9.17) is 10.8 Å². The van der Waals surface area contributed by atoms with Gasteiger partial charge in [0, 0.05) is 12.7 Å². The second kappa shape index (κ2) is 5.05. The van der Waals surface area contributed by atoms with Crippen LogP contribution in [0.5, 0.6) is 0 Å². The summed E-state index contributed by atoms with van der Waals surface area (Å²) in [6.07, 6.45) is 2.31. The standard InChI is InChI=1S/C12H13N3O4/c13-10(16)7-3-4-8(14-6-7)11(17)15-5-1-2-9(15)12(18)19/h3-4,6,9H,1-2,5H2,(H2,13,16)(H,18,19)/t9-/m1/s1. The molecule has 0 radical (unpaired) electrons. The van der Waals surface area contributed by atoms with Crippen LogP contribution in [-0.4, -0.2) is 45.4 Å². The van der Waals surface area contributed by atoms with Crippen LogP contribution in [0.1, 0.15) is 33.7 Å². The Morgan fingerprint density at radius 2 is 2.11 bits per heavy atom. The lowest BCUT2D eigenvalue weighted by molar-refractivity contribution is -0.141. The number of amides is 2. The number of hydrogen-bond donors (Lipinski definition) is 2. The summed E-state index contributed by atoms with van der Waals surface area (Å²) in [7, 11) is 0. The third-order valence-electron chi connectivity index (χ3n) is 3.07. The van der Waals surface area contributed by atoms with Gasteiger partial charge in [-0.3, -0.25) is 14.6 Å². The van der Waals surface area contributed by atoms with E-state index in [0.29, 0.717) is 19.4 Å². The molecule has 0 aliphatic carbocycles. The molecule has 2 amide bonds. The molecule has 1 saturated heterocycles. The second-order valence-electron chi connectivity index (χ2n) is 4.29. The number of carboxylic acid groups (broad SMARTS) is 1. The molecule has 100 valence electrons. The number of pyridine rings is 1. The Morgan fingerprint density at radius 3 is 2.63 bits per heavy atom. The summed E-state index contributed by atoms with van der Waals surface area (Å²) in [5.74, 6) is -2.09. The maximum absolute atomic E-state index is 12.1. The minimum atomic E-state index is -1.01. The van der Waals surface area contributed by atoms with Crippen molar-refractivity contribution in [3.63, 3.8) is 0 Å². The van der Waals surface area contributed by atoms with E-state index in [-0.39, 0.29) is 11.3 Å². The Bertz CT molecular complexity index is 526. The highest BCUT2D eigenvalue weighted by Crippen LogP contribution is 2.19. The summed E-state index contributed by atoms with van der Waals surface area (Å²) in [6, 6.07) is 1.97. The molecule has 7 nitrogen and oxygen atoms in total. The van der Waals surface area contributed by atoms with E-state index in [2.05, 4.69) is 4.98 Å². The van der Waals surface area contributed by atoms with E-state index < -0.39 is 23.8 Å². The summed E-state index contributed by atoms with van der Waals surface area (Å²) >= 11 is 0. The fourth-order valence-corrected chi connectivity index (χ4v) is 2.08. The molecule has 0 saturated carbocycles. The molecule has 0 bridgehead atoms. The highest BCUT2D eigenvalue weighted by molar-refractivity contribution is 5.97. The first-order valence-electron chi connectivity index (χ1n) is 5.80. The van der Waals surface area contributed by atoms with Gasteiger partial charge in [-0.2, -0.15) is 0 Å². The molecule has 1 atom stereocenters. The van der Waals surface area contributed by atoms with Gasteiger partial charge in [0.25, 0.3) is 5.91 Å². The summed E-state index contributed by atoms with van der Waals surface area (Å²) in [6.45, 7) is 0.398. The van der Waals surface area contributed by atoms with Crippen LogP contribution in [-0.2, 0) is 4.79 Å². The molecule has 0 spiro atoms. The van der Waals surface area contributed by atoms with Crippen LogP contribution in [0.15, 0.2) is 18.3 Å². The number of nitrogens with two attached hydrogens (primary N) is 1. The zero-order valence-corrected chi connectivity index (χ0v) is 10.1. The Morgan fingerprint density at radius 1 is 1.37 bits per heavy atom. The molecule has 2 rings (SSSR count). The Labute approximate surface area is 109 Å². The highest BCUT2D eigenvalue weighted by atomic mass is 16.4. The summed E-state index contributed by atoms with van der Waals surface area (Å²) in [5.41, 5.74) is 5.38. The minimum absolute atomic E-state index is 0.109. The van der Waals surface area contributed by atoms with Gasteiger partial charge in [-0.1, -0.05) is 0 Å². The van der Waals surface area contributed by atoms with Gasteiger partial charge in [0.05, 0.1) is 5.56 Å². The van der Waals surface area contributed by atoms with E-state index in [0.717, 1.165) is 0 Å². The van der Waals surface area contributed by atoms with Crippen LogP contribution >= 0.6 is 0 Å². The number of aliphatic carboxylic acids is 1. The van der Waals surface area contributed by atoms with Crippen molar-refractivity contribution >= 4 is 17.8 Å². The number of aromatic nitrogens is 1. The van der Waals surface area contributed by atoms with Gasteiger partial charge in [-0.15, -0.1) is 0 Å². The minimum Gasteiger partial charge on any atom is -0.480 e. The van der Waals surface area contributed by atoms with Gasteiger partial charge >= 0.3 is 5.97 Å². The van der Waals surface area contributed by atoms with Gasteiger partial charge in [-0.25, -0.2) is 4.79 Å². The van der Waals surface area contributed by atoms with Crippen molar-refractivity contribution in [3.8, 4) is 0 Å². The van der Waals surface area contributed by atoms with Crippen molar-refractivity contribution in [3.05, 3.63) is 29.6 Å².